The highest BCUT2D eigenvalue weighted by atomic mass is 16.6. The quantitative estimate of drug-likeness (QED) is 0.0489. The lowest BCUT2D eigenvalue weighted by Crippen LogP contribution is -2.50. The molecule has 8 heteroatoms. The number of nitrogens with one attached hydrogen (secondary N) is 1. The van der Waals surface area contributed by atoms with Gasteiger partial charge >= 0.3 is 17.9 Å². The predicted molar refractivity (Wildman–Crippen MR) is 205 cm³/mol. The maximum Gasteiger partial charge on any atom is 0.306 e. The number of esters is 3. The van der Waals surface area contributed by atoms with Crippen molar-refractivity contribution in [2.45, 2.75) is 246 Å². The fraction of sp³-hybridized carbons (Fsp3) is 0.905. The van der Waals surface area contributed by atoms with Crippen LogP contribution in [0.2, 0.25) is 0 Å². The van der Waals surface area contributed by atoms with Crippen LogP contribution in [-0.2, 0) is 33.4 Å². The summed E-state index contributed by atoms with van der Waals surface area (Å²) in [4.78, 5) is 51.7. The van der Waals surface area contributed by atoms with Gasteiger partial charge in [-0.15, -0.1) is 0 Å². The Bertz CT molecular complexity index is 860. The van der Waals surface area contributed by atoms with E-state index in [-0.39, 0.29) is 62.3 Å². The van der Waals surface area contributed by atoms with E-state index >= 15 is 0 Å². The molecule has 0 aromatic heterocycles. The van der Waals surface area contributed by atoms with E-state index in [0.717, 1.165) is 19.3 Å². The van der Waals surface area contributed by atoms with Gasteiger partial charge in [0, 0.05) is 31.2 Å². The van der Waals surface area contributed by atoms with Crippen molar-refractivity contribution in [3.8, 4) is 0 Å². The van der Waals surface area contributed by atoms with Gasteiger partial charge in [0.05, 0.1) is 0 Å². The normalized spacial score (nSPS) is 12.4. The Morgan fingerprint density at radius 1 is 0.400 bits per heavy atom. The number of hydrogen-bond acceptors (Lipinski definition) is 7. The van der Waals surface area contributed by atoms with Crippen LogP contribution < -0.4 is 5.32 Å². The van der Waals surface area contributed by atoms with Gasteiger partial charge in [0.25, 0.3) is 0 Å². The second-order valence-electron chi connectivity index (χ2n) is 17.5. The van der Waals surface area contributed by atoms with Crippen LogP contribution in [-0.4, -0.2) is 46.2 Å². The summed E-state index contributed by atoms with van der Waals surface area (Å²) in [5.74, 6) is -1.31. The molecule has 0 aliphatic carbocycles. The Kier molecular flexibility index (Phi) is 24.7. The molecule has 0 radical (unpaired) electrons. The number of unbranched alkanes of at least 4 members (excludes halogenated alkanes) is 16. The van der Waals surface area contributed by atoms with Gasteiger partial charge in [0.1, 0.15) is 16.8 Å². The zero-order chi connectivity index (χ0) is 38.1. The number of ether oxygens (including phenoxy) is 3. The molecule has 0 atom stereocenters. The van der Waals surface area contributed by atoms with Crippen LogP contribution in [0, 0.1) is 0 Å². The summed E-state index contributed by atoms with van der Waals surface area (Å²) < 4.78 is 16.7. The Balaban J connectivity index is 5.01. The molecular formula is C42H79NO7. The molecule has 0 saturated carbocycles. The third-order valence-electron chi connectivity index (χ3n) is 8.60. The molecule has 0 aromatic carbocycles. The maximum atomic E-state index is 13.4. The van der Waals surface area contributed by atoms with Gasteiger partial charge in [-0.3, -0.25) is 19.2 Å². The fourth-order valence-electron chi connectivity index (χ4n) is 6.13. The number of rotatable bonds is 28. The van der Waals surface area contributed by atoms with Crippen LogP contribution in [0.5, 0.6) is 0 Å². The summed E-state index contributed by atoms with van der Waals surface area (Å²) in [6.07, 6.45) is 22.8. The lowest BCUT2D eigenvalue weighted by atomic mass is 9.83. The Morgan fingerprint density at radius 2 is 0.660 bits per heavy atom. The van der Waals surface area contributed by atoms with Gasteiger partial charge in [0.2, 0.25) is 5.91 Å². The molecule has 0 rings (SSSR count). The topological polar surface area (TPSA) is 108 Å². The van der Waals surface area contributed by atoms with Crippen molar-refractivity contribution in [2.75, 3.05) is 0 Å². The minimum absolute atomic E-state index is 0.0410. The van der Waals surface area contributed by atoms with Crippen molar-refractivity contribution in [2.24, 2.45) is 0 Å². The number of hydrogen-bond donors (Lipinski definition) is 1. The average molecular weight is 710 g/mol. The highest BCUT2D eigenvalue weighted by molar-refractivity contribution is 5.78. The van der Waals surface area contributed by atoms with Crippen LogP contribution in [0.15, 0.2) is 0 Å². The van der Waals surface area contributed by atoms with Crippen LogP contribution in [0.4, 0.5) is 0 Å². The van der Waals surface area contributed by atoms with E-state index in [2.05, 4.69) is 12.2 Å². The van der Waals surface area contributed by atoms with Crippen molar-refractivity contribution >= 4 is 23.8 Å². The monoisotopic (exact) mass is 710 g/mol. The largest absolute Gasteiger partial charge is 0.460 e. The van der Waals surface area contributed by atoms with Crippen LogP contribution in [0.3, 0.4) is 0 Å². The van der Waals surface area contributed by atoms with E-state index in [9.17, 15) is 19.2 Å². The van der Waals surface area contributed by atoms with Crippen molar-refractivity contribution < 1.29 is 33.4 Å². The zero-order valence-electron chi connectivity index (χ0n) is 34.3. The second-order valence-corrected chi connectivity index (χ2v) is 17.5. The molecule has 1 N–H and O–H groups in total. The first-order valence-electron chi connectivity index (χ1n) is 20.2. The molecule has 0 bridgehead atoms. The van der Waals surface area contributed by atoms with Crippen molar-refractivity contribution in [3.63, 3.8) is 0 Å². The van der Waals surface area contributed by atoms with Gasteiger partial charge in [-0.05, 0) is 88.0 Å². The van der Waals surface area contributed by atoms with Gasteiger partial charge in [-0.1, -0.05) is 110 Å². The van der Waals surface area contributed by atoms with Crippen LogP contribution in [0.25, 0.3) is 0 Å². The molecule has 0 heterocycles. The molecular weight excluding hydrogens is 630 g/mol. The predicted octanol–water partition coefficient (Wildman–Crippen LogP) is 11.2. The highest BCUT2D eigenvalue weighted by Crippen LogP contribution is 2.29. The maximum absolute atomic E-state index is 13.4. The van der Waals surface area contributed by atoms with Crippen LogP contribution >= 0.6 is 0 Å². The van der Waals surface area contributed by atoms with E-state index in [4.69, 9.17) is 14.2 Å². The van der Waals surface area contributed by atoms with E-state index < -0.39 is 22.3 Å². The Morgan fingerprint density at radius 3 is 0.920 bits per heavy atom. The third kappa shape index (κ3) is 30.7. The van der Waals surface area contributed by atoms with Gasteiger partial charge in [0.15, 0.2) is 0 Å². The third-order valence-corrected chi connectivity index (χ3v) is 8.60. The zero-order valence-corrected chi connectivity index (χ0v) is 34.3. The van der Waals surface area contributed by atoms with Gasteiger partial charge < -0.3 is 19.5 Å². The molecule has 0 saturated heterocycles. The Hall–Kier alpha value is -2.12. The molecule has 8 nitrogen and oxygen atoms in total. The minimum atomic E-state index is -0.976. The van der Waals surface area contributed by atoms with E-state index in [1.165, 1.54) is 89.9 Å². The average Bonchev–Trinajstić information content (AvgIpc) is 2.97. The lowest BCUT2D eigenvalue weighted by Gasteiger charge is -2.36. The smallest absolute Gasteiger partial charge is 0.306 e. The van der Waals surface area contributed by atoms with E-state index in [1.807, 2.05) is 62.3 Å². The summed E-state index contributed by atoms with van der Waals surface area (Å²) in [5, 5.41) is 3.18. The minimum Gasteiger partial charge on any atom is -0.460 e. The summed E-state index contributed by atoms with van der Waals surface area (Å²) in [7, 11) is 0. The van der Waals surface area contributed by atoms with E-state index in [1.54, 1.807) is 0 Å². The van der Waals surface area contributed by atoms with Crippen molar-refractivity contribution in [3.05, 3.63) is 0 Å². The first-order chi connectivity index (χ1) is 23.3. The molecule has 0 fully saturated rings. The molecule has 1 amide bonds. The summed E-state index contributed by atoms with van der Waals surface area (Å²) in [5.41, 5.74) is -2.93. The summed E-state index contributed by atoms with van der Waals surface area (Å²) >= 11 is 0. The molecule has 0 spiro atoms. The Labute approximate surface area is 307 Å². The number of carbonyl (C=O) groups excluding carboxylic acids is 4. The first-order valence-corrected chi connectivity index (χ1v) is 20.2. The highest BCUT2D eigenvalue weighted by Gasteiger charge is 2.35. The standard InChI is InChI=1S/C42H79NO7/c1-11-12-13-14-15-16-17-18-19-20-21-22-23-24-25-26-27-28-35(44)43-42(32-29-36(45)48-39(2,3)4,33-30-37(46)49-40(5,6)7)34-31-38(47)50-41(8,9)10/h11-34H2,1-10H3,(H,43,44). The number of amides is 1. The SMILES string of the molecule is CCCCCCCCCCCCCCCCCCCC(=O)NC(CCC(=O)OC(C)(C)C)(CCC(=O)OC(C)(C)C)CCC(=O)OC(C)(C)C. The van der Waals surface area contributed by atoms with Gasteiger partial charge in [-0.25, -0.2) is 0 Å². The summed E-state index contributed by atoms with van der Waals surface area (Å²) in [6, 6.07) is 0. The lowest BCUT2D eigenvalue weighted by molar-refractivity contribution is -0.155. The van der Waals surface area contributed by atoms with Gasteiger partial charge in [-0.2, -0.15) is 0 Å². The fourth-order valence-corrected chi connectivity index (χ4v) is 6.13. The van der Waals surface area contributed by atoms with Crippen LogP contribution in [0.1, 0.15) is 223 Å². The second kappa shape index (κ2) is 25.8. The number of carbonyl (C=O) groups is 4. The molecule has 0 aliphatic rings. The molecule has 0 aromatic rings. The van der Waals surface area contributed by atoms with E-state index in [0.29, 0.717) is 6.42 Å². The summed E-state index contributed by atoms with van der Waals surface area (Å²) in [6.45, 7) is 18.6. The van der Waals surface area contributed by atoms with Crippen molar-refractivity contribution in [1.82, 2.24) is 5.32 Å². The first kappa shape index (κ1) is 47.9. The molecule has 0 unspecified atom stereocenters. The molecule has 294 valence electrons. The molecule has 50 heavy (non-hydrogen) atoms. The van der Waals surface area contributed by atoms with Crippen molar-refractivity contribution in [1.29, 1.82) is 0 Å². The molecule has 0 aliphatic heterocycles.